The lowest BCUT2D eigenvalue weighted by molar-refractivity contribution is 1.46. The van der Waals surface area contributed by atoms with E-state index in [1.54, 1.807) is 11.3 Å². The third-order valence-corrected chi connectivity index (χ3v) is 4.69. The normalized spacial score (nSPS) is 10.9. The lowest BCUT2D eigenvalue weighted by Gasteiger charge is -1.97. The second-order valence-electron chi connectivity index (χ2n) is 3.61. The molecule has 84 valence electrons. The molecule has 0 saturated carbocycles. The van der Waals surface area contributed by atoms with Crippen molar-refractivity contribution >= 4 is 53.4 Å². The zero-order valence-corrected chi connectivity index (χ0v) is 12.6. The Bertz CT molecular complexity index is 691. The van der Waals surface area contributed by atoms with E-state index < -0.39 is 0 Å². The van der Waals surface area contributed by atoms with Crippen molar-refractivity contribution in [1.82, 2.24) is 4.98 Å². The molecule has 0 radical (unpaired) electrons. The Morgan fingerprint density at radius 2 is 1.82 bits per heavy atom. The molecule has 0 atom stereocenters. The first kappa shape index (κ1) is 11.4. The number of halogens is 2. The smallest absolute Gasteiger partial charge is 0.125 e. The van der Waals surface area contributed by atoms with Gasteiger partial charge in [-0.1, -0.05) is 50.1 Å². The largest absolute Gasteiger partial charge is 0.236 e. The predicted molar refractivity (Wildman–Crippen MR) is 80.5 cm³/mol. The molecule has 0 aliphatic heterocycles. The van der Waals surface area contributed by atoms with Gasteiger partial charge in [-0.2, -0.15) is 0 Å². The molecule has 1 heterocycles. The molecule has 2 aromatic carbocycles. The zero-order valence-electron chi connectivity index (χ0n) is 8.65. The van der Waals surface area contributed by atoms with Crippen molar-refractivity contribution < 1.29 is 0 Å². The molecule has 4 heteroatoms. The van der Waals surface area contributed by atoms with Crippen LogP contribution in [0.25, 0.3) is 20.8 Å². The van der Waals surface area contributed by atoms with Crippen molar-refractivity contribution in [3.8, 4) is 10.6 Å². The summed E-state index contributed by atoms with van der Waals surface area (Å²) >= 11 is 8.75. The highest BCUT2D eigenvalue weighted by Crippen LogP contribution is 2.35. The fourth-order valence-electron chi connectivity index (χ4n) is 1.65. The van der Waals surface area contributed by atoms with Gasteiger partial charge in [-0.05, 0) is 24.3 Å². The number of benzene rings is 2. The van der Waals surface area contributed by atoms with Crippen molar-refractivity contribution in [2.75, 3.05) is 0 Å². The van der Waals surface area contributed by atoms with Gasteiger partial charge in [0, 0.05) is 14.5 Å². The number of hydrogen-bond acceptors (Lipinski definition) is 2. The van der Waals surface area contributed by atoms with E-state index >= 15 is 0 Å². The SMILES string of the molecule is Brc1ccc2nc(-c3ccccc3Br)sc2c1. The van der Waals surface area contributed by atoms with Crippen molar-refractivity contribution in [3.05, 3.63) is 51.4 Å². The second-order valence-corrected chi connectivity index (χ2v) is 6.41. The number of hydrogen-bond donors (Lipinski definition) is 0. The van der Waals surface area contributed by atoms with Crippen LogP contribution in [0.15, 0.2) is 51.4 Å². The second kappa shape index (κ2) is 4.52. The molecular weight excluding hydrogens is 362 g/mol. The van der Waals surface area contributed by atoms with Crippen LogP contribution in [-0.2, 0) is 0 Å². The van der Waals surface area contributed by atoms with Crippen LogP contribution in [0.4, 0.5) is 0 Å². The molecule has 17 heavy (non-hydrogen) atoms. The fourth-order valence-corrected chi connectivity index (χ4v) is 3.81. The van der Waals surface area contributed by atoms with E-state index in [4.69, 9.17) is 0 Å². The van der Waals surface area contributed by atoms with Gasteiger partial charge >= 0.3 is 0 Å². The van der Waals surface area contributed by atoms with Crippen molar-refractivity contribution in [2.24, 2.45) is 0 Å². The quantitative estimate of drug-likeness (QED) is 0.553. The first-order valence-electron chi connectivity index (χ1n) is 5.05. The van der Waals surface area contributed by atoms with Crippen LogP contribution < -0.4 is 0 Å². The highest BCUT2D eigenvalue weighted by molar-refractivity contribution is 9.10. The molecule has 3 rings (SSSR count). The monoisotopic (exact) mass is 367 g/mol. The van der Waals surface area contributed by atoms with Crippen LogP contribution in [0.3, 0.4) is 0 Å². The van der Waals surface area contributed by atoms with Gasteiger partial charge in [-0.3, -0.25) is 0 Å². The molecule has 1 aromatic heterocycles. The Morgan fingerprint density at radius 3 is 2.65 bits per heavy atom. The summed E-state index contributed by atoms with van der Waals surface area (Å²) in [6.45, 7) is 0. The van der Waals surface area contributed by atoms with Gasteiger partial charge < -0.3 is 0 Å². The summed E-state index contributed by atoms with van der Waals surface area (Å²) in [5.74, 6) is 0. The highest BCUT2D eigenvalue weighted by atomic mass is 79.9. The summed E-state index contributed by atoms with van der Waals surface area (Å²) in [6, 6.07) is 14.3. The summed E-state index contributed by atoms with van der Waals surface area (Å²) in [6.07, 6.45) is 0. The van der Waals surface area contributed by atoms with Gasteiger partial charge in [0.2, 0.25) is 0 Å². The third kappa shape index (κ3) is 2.17. The maximum atomic E-state index is 4.65. The van der Waals surface area contributed by atoms with Gasteiger partial charge in [-0.25, -0.2) is 4.98 Å². The average molecular weight is 369 g/mol. The van der Waals surface area contributed by atoms with Crippen LogP contribution >= 0.6 is 43.2 Å². The minimum absolute atomic E-state index is 1.05. The first-order chi connectivity index (χ1) is 8.24. The Morgan fingerprint density at radius 1 is 1.00 bits per heavy atom. The molecule has 1 nitrogen and oxygen atoms in total. The summed E-state index contributed by atoms with van der Waals surface area (Å²) in [4.78, 5) is 4.65. The molecule has 3 aromatic rings. The molecule has 0 fully saturated rings. The van der Waals surface area contributed by atoms with Crippen LogP contribution in [0, 0.1) is 0 Å². The number of thiazole rings is 1. The molecule has 0 spiro atoms. The van der Waals surface area contributed by atoms with E-state index in [1.807, 2.05) is 30.3 Å². The standard InChI is InChI=1S/C13H7Br2NS/c14-8-5-6-11-12(7-8)17-13(16-11)9-3-1-2-4-10(9)15/h1-7H. The Kier molecular flexibility index (Phi) is 3.03. The van der Waals surface area contributed by atoms with E-state index in [9.17, 15) is 0 Å². The number of aromatic nitrogens is 1. The molecular formula is C13H7Br2NS. The van der Waals surface area contributed by atoms with Crippen LogP contribution in [0.5, 0.6) is 0 Å². The Hall–Kier alpha value is -0.710. The van der Waals surface area contributed by atoms with Gasteiger partial charge in [0.1, 0.15) is 5.01 Å². The summed E-state index contributed by atoms with van der Waals surface area (Å²) in [5.41, 5.74) is 2.19. The molecule has 0 aliphatic rings. The Balaban J connectivity index is 2.22. The molecule has 0 saturated heterocycles. The summed E-state index contributed by atoms with van der Waals surface area (Å²) in [5, 5.41) is 1.05. The van der Waals surface area contributed by atoms with E-state index in [0.717, 1.165) is 25.0 Å². The molecule has 0 unspecified atom stereocenters. The van der Waals surface area contributed by atoms with Crippen molar-refractivity contribution in [2.45, 2.75) is 0 Å². The van der Waals surface area contributed by atoms with Crippen LogP contribution in [0.2, 0.25) is 0 Å². The maximum absolute atomic E-state index is 4.65. The number of nitrogens with zero attached hydrogens (tertiary/aromatic N) is 1. The highest BCUT2D eigenvalue weighted by Gasteiger charge is 2.08. The summed E-state index contributed by atoms with van der Waals surface area (Å²) in [7, 11) is 0. The predicted octanol–water partition coefficient (Wildman–Crippen LogP) is 5.49. The number of rotatable bonds is 1. The molecule has 0 N–H and O–H groups in total. The third-order valence-electron chi connectivity index (χ3n) is 2.45. The van der Waals surface area contributed by atoms with E-state index in [2.05, 4.69) is 49.0 Å². The van der Waals surface area contributed by atoms with Crippen molar-refractivity contribution in [3.63, 3.8) is 0 Å². The molecule has 0 amide bonds. The van der Waals surface area contributed by atoms with Gasteiger partial charge in [0.05, 0.1) is 10.2 Å². The zero-order chi connectivity index (χ0) is 11.8. The van der Waals surface area contributed by atoms with Gasteiger partial charge in [0.15, 0.2) is 0 Å². The van der Waals surface area contributed by atoms with Crippen LogP contribution in [0.1, 0.15) is 0 Å². The van der Waals surface area contributed by atoms with Crippen molar-refractivity contribution in [1.29, 1.82) is 0 Å². The maximum Gasteiger partial charge on any atom is 0.125 e. The minimum atomic E-state index is 1.05. The first-order valence-corrected chi connectivity index (χ1v) is 7.45. The van der Waals surface area contributed by atoms with Gasteiger partial charge in [-0.15, -0.1) is 11.3 Å². The number of fused-ring (bicyclic) bond motifs is 1. The van der Waals surface area contributed by atoms with E-state index in [-0.39, 0.29) is 0 Å². The lowest BCUT2D eigenvalue weighted by Crippen LogP contribution is -1.76. The molecule has 0 aliphatic carbocycles. The minimum Gasteiger partial charge on any atom is -0.236 e. The average Bonchev–Trinajstić information content (AvgIpc) is 2.72. The molecule has 0 bridgehead atoms. The van der Waals surface area contributed by atoms with E-state index in [1.165, 1.54) is 4.70 Å². The van der Waals surface area contributed by atoms with Crippen LogP contribution in [-0.4, -0.2) is 4.98 Å². The van der Waals surface area contributed by atoms with E-state index in [0.29, 0.717) is 0 Å². The topological polar surface area (TPSA) is 12.9 Å². The lowest BCUT2D eigenvalue weighted by atomic mass is 10.2. The van der Waals surface area contributed by atoms with Gasteiger partial charge in [0.25, 0.3) is 0 Å². The summed E-state index contributed by atoms with van der Waals surface area (Å²) < 4.78 is 3.37. The fraction of sp³-hybridized carbons (Fsp3) is 0. The Labute approximate surface area is 120 Å².